The van der Waals surface area contributed by atoms with Gasteiger partial charge in [-0.25, -0.2) is 5.43 Å². The molecule has 0 amide bonds. The first-order chi connectivity index (χ1) is 6.69. The van der Waals surface area contributed by atoms with E-state index in [4.69, 9.17) is 10.3 Å². The van der Waals surface area contributed by atoms with Gasteiger partial charge in [-0.3, -0.25) is 5.84 Å². The highest BCUT2D eigenvalue weighted by atomic mass is 16.3. The van der Waals surface area contributed by atoms with Crippen LogP contribution in [-0.2, 0) is 6.42 Å². The van der Waals surface area contributed by atoms with Crippen LogP contribution in [0.5, 0.6) is 0 Å². The van der Waals surface area contributed by atoms with E-state index >= 15 is 0 Å². The fraction of sp³-hybridized carbons (Fsp3) is 0.455. The van der Waals surface area contributed by atoms with Crippen molar-refractivity contribution < 1.29 is 4.42 Å². The van der Waals surface area contributed by atoms with Crippen LogP contribution < -0.4 is 11.3 Å². The maximum atomic E-state index is 5.50. The average Bonchev–Trinajstić information content (AvgIpc) is 2.61. The van der Waals surface area contributed by atoms with Crippen LogP contribution in [0.4, 0.5) is 0 Å². The summed E-state index contributed by atoms with van der Waals surface area (Å²) in [4.78, 5) is 0. The first kappa shape index (κ1) is 11.0. The Labute approximate surface area is 85.0 Å². The highest BCUT2D eigenvalue weighted by Gasteiger charge is 2.12. The number of nitrogens with one attached hydrogen (secondary N) is 1. The average molecular weight is 194 g/mol. The minimum Gasteiger partial charge on any atom is -0.469 e. The van der Waals surface area contributed by atoms with Crippen molar-refractivity contribution in [1.82, 2.24) is 5.43 Å². The van der Waals surface area contributed by atoms with Crippen LogP contribution in [0.15, 0.2) is 28.4 Å². The van der Waals surface area contributed by atoms with E-state index in [0.29, 0.717) is 0 Å². The van der Waals surface area contributed by atoms with E-state index in [-0.39, 0.29) is 6.04 Å². The zero-order valence-electron chi connectivity index (χ0n) is 9.00. The largest absolute Gasteiger partial charge is 0.469 e. The lowest BCUT2D eigenvalue weighted by atomic mass is 10.0. The van der Waals surface area contributed by atoms with Crippen LogP contribution in [-0.4, -0.2) is 0 Å². The Bertz CT molecular complexity index is 311. The second kappa shape index (κ2) is 4.98. The lowest BCUT2D eigenvalue weighted by Gasteiger charge is -2.11. The maximum Gasteiger partial charge on any atom is 0.108 e. The first-order valence-corrected chi connectivity index (χ1v) is 4.86. The van der Waals surface area contributed by atoms with Crippen molar-refractivity contribution in [3.8, 4) is 0 Å². The van der Waals surface area contributed by atoms with Crippen molar-refractivity contribution in [3.63, 3.8) is 0 Å². The fourth-order valence-corrected chi connectivity index (χ4v) is 1.48. The third kappa shape index (κ3) is 2.47. The Morgan fingerprint density at radius 1 is 1.64 bits per heavy atom. The van der Waals surface area contributed by atoms with Gasteiger partial charge in [0, 0.05) is 12.0 Å². The van der Waals surface area contributed by atoms with Crippen LogP contribution in [0.25, 0.3) is 0 Å². The first-order valence-electron chi connectivity index (χ1n) is 4.86. The van der Waals surface area contributed by atoms with Gasteiger partial charge in [-0.1, -0.05) is 18.6 Å². The molecule has 1 rings (SSSR count). The Morgan fingerprint density at radius 2 is 2.36 bits per heavy atom. The second-order valence-electron chi connectivity index (χ2n) is 3.54. The number of hydrogen-bond acceptors (Lipinski definition) is 3. The van der Waals surface area contributed by atoms with Gasteiger partial charge in [0.05, 0.1) is 12.3 Å². The number of aryl methyl sites for hydroxylation is 1. The fourth-order valence-electron chi connectivity index (χ4n) is 1.48. The molecule has 78 valence electrons. The molecule has 1 aromatic rings. The molecule has 0 bridgehead atoms. The quantitative estimate of drug-likeness (QED) is 0.439. The Kier molecular flexibility index (Phi) is 3.92. The SMILES string of the molecule is CCc1occc1C(C=C(C)C)NN. The van der Waals surface area contributed by atoms with Gasteiger partial charge in [0.15, 0.2) is 0 Å². The van der Waals surface area contributed by atoms with Gasteiger partial charge in [0.2, 0.25) is 0 Å². The van der Waals surface area contributed by atoms with Crippen LogP contribution >= 0.6 is 0 Å². The topological polar surface area (TPSA) is 51.2 Å². The van der Waals surface area contributed by atoms with Gasteiger partial charge in [0.25, 0.3) is 0 Å². The van der Waals surface area contributed by atoms with E-state index in [2.05, 4.69) is 32.3 Å². The van der Waals surface area contributed by atoms with Crippen LogP contribution in [0, 0.1) is 0 Å². The summed E-state index contributed by atoms with van der Waals surface area (Å²) in [7, 11) is 0. The molecule has 3 heteroatoms. The molecule has 0 aromatic carbocycles. The lowest BCUT2D eigenvalue weighted by Crippen LogP contribution is -2.27. The van der Waals surface area contributed by atoms with Gasteiger partial charge in [-0.15, -0.1) is 0 Å². The number of rotatable bonds is 4. The number of allylic oxidation sites excluding steroid dienone is 1. The van der Waals surface area contributed by atoms with Gasteiger partial charge in [-0.2, -0.15) is 0 Å². The molecule has 1 heterocycles. The Morgan fingerprint density at radius 3 is 2.86 bits per heavy atom. The van der Waals surface area contributed by atoms with Crippen LogP contribution in [0.3, 0.4) is 0 Å². The molecule has 0 aliphatic heterocycles. The summed E-state index contributed by atoms with van der Waals surface area (Å²) in [5.41, 5.74) is 5.13. The smallest absolute Gasteiger partial charge is 0.108 e. The van der Waals surface area contributed by atoms with E-state index in [9.17, 15) is 0 Å². The molecule has 1 atom stereocenters. The molecule has 0 fully saturated rings. The van der Waals surface area contributed by atoms with Gasteiger partial charge < -0.3 is 4.42 Å². The minimum absolute atomic E-state index is 0.0497. The van der Waals surface area contributed by atoms with E-state index < -0.39 is 0 Å². The normalized spacial score (nSPS) is 12.6. The summed E-state index contributed by atoms with van der Waals surface area (Å²) in [6, 6.07) is 2.01. The molecule has 0 spiro atoms. The molecule has 1 unspecified atom stereocenters. The third-order valence-electron chi connectivity index (χ3n) is 2.12. The Balaban J connectivity index is 2.94. The summed E-state index contributed by atoms with van der Waals surface area (Å²) in [5.74, 6) is 6.49. The van der Waals surface area contributed by atoms with E-state index in [1.54, 1.807) is 6.26 Å². The number of hydrazine groups is 1. The van der Waals surface area contributed by atoms with Gasteiger partial charge in [-0.05, 0) is 19.9 Å². The number of nitrogens with two attached hydrogens (primary N) is 1. The molecular formula is C11H18N2O. The molecule has 14 heavy (non-hydrogen) atoms. The number of hydrogen-bond donors (Lipinski definition) is 2. The van der Waals surface area contributed by atoms with Crippen molar-refractivity contribution in [1.29, 1.82) is 0 Å². The molecule has 3 N–H and O–H groups in total. The Hall–Kier alpha value is -1.06. The summed E-state index contributed by atoms with van der Waals surface area (Å²) in [5, 5.41) is 0. The third-order valence-corrected chi connectivity index (χ3v) is 2.12. The zero-order valence-corrected chi connectivity index (χ0v) is 9.00. The standard InChI is InChI=1S/C11H18N2O/c1-4-11-9(5-6-14-11)10(13-12)7-8(2)3/h5-7,10,13H,4,12H2,1-3H3. The van der Waals surface area contributed by atoms with Crippen molar-refractivity contribution in [2.75, 3.05) is 0 Å². The molecule has 0 aliphatic rings. The van der Waals surface area contributed by atoms with Crippen molar-refractivity contribution in [3.05, 3.63) is 35.3 Å². The van der Waals surface area contributed by atoms with E-state index in [0.717, 1.165) is 17.7 Å². The summed E-state index contributed by atoms with van der Waals surface area (Å²) >= 11 is 0. The van der Waals surface area contributed by atoms with Crippen molar-refractivity contribution in [2.24, 2.45) is 5.84 Å². The van der Waals surface area contributed by atoms with Gasteiger partial charge >= 0.3 is 0 Å². The highest BCUT2D eigenvalue weighted by molar-refractivity contribution is 5.26. The molecule has 0 aliphatic carbocycles. The van der Waals surface area contributed by atoms with Crippen molar-refractivity contribution in [2.45, 2.75) is 33.2 Å². The van der Waals surface area contributed by atoms with E-state index in [1.807, 2.05) is 6.07 Å². The van der Waals surface area contributed by atoms with Gasteiger partial charge in [0.1, 0.15) is 5.76 Å². The zero-order chi connectivity index (χ0) is 10.6. The molecule has 0 radical (unpaired) electrons. The molecule has 3 nitrogen and oxygen atoms in total. The number of furan rings is 1. The molecular weight excluding hydrogens is 176 g/mol. The molecule has 1 aromatic heterocycles. The van der Waals surface area contributed by atoms with Crippen molar-refractivity contribution >= 4 is 0 Å². The second-order valence-corrected chi connectivity index (χ2v) is 3.54. The maximum absolute atomic E-state index is 5.50. The predicted molar refractivity (Wildman–Crippen MR) is 57.6 cm³/mol. The highest BCUT2D eigenvalue weighted by Crippen LogP contribution is 2.21. The summed E-state index contributed by atoms with van der Waals surface area (Å²) < 4.78 is 5.35. The van der Waals surface area contributed by atoms with Crippen LogP contribution in [0.2, 0.25) is 0 Å². The summed E-state index contributed by atoms with van der Waals surface area (Å²) in [6.07, 6.45) is 4.68. The minimum atomic E-state index is 0.0497. The lowest BCUT2D eigenvalue weighted by molar-refractivity contribution is 0.503. The van der Waals surface area contributed by atoms with E-state index in [1.165, 1.54) is 5.57 Å². The molecule has 0 saturated heterocycles. The summed E-state index contributed by atoms with van der Waals surface area (Å²) in [6.45, 7) is 6.17. The monoisotopic (exact) mass is 194 g/mol. The van der Waals surface area contributed by atoms with Crippen LogP contribution in [0.1, 0.15) is 38.1 Å². The molecule has 0 saturated carbocycles. The predicted octanol–water partition coefficient (Wildman–Crippen LogP) is 2.31.